The molecule has 0 spiro atoms. The van der Waals surface area contributed by atoms with Crippen molar-refractivity contribution in [3.63, 3.8) is 0 Å². The van der Waals surface area contributed by atoms with Crippen molar-refractivity contribution in [3.8, 4) is 0 Å². The topological polar surface area (TPSA) is 64.0 Å². The summed E-state index contributed by atoms with van der Waals surface area (Å²) >= 11 is 0. The van der Waals surface area contributed by atoms with Crippen molar-refractivity contribution in [1.82, 2.24) is 9.78 Å². The van der Waals surface area contributed by atoms with Crippen molar-refractivity contribution in [2.24, 2.45) is 0 Å². The van der Waals surface area contributed by atoms with E-state index in [9.17, 15) is 9.59 Å². The quantitative estimate of drug-likeness (QED) is 0.495. The molecule has 0 aliphatic carbocycles. The van der Waals surface area contributed by atoms with Crippen molar-refractivity contribution in [2.75, 3.05) is 5.32 Å². The number of amides is 1. The maximum Gasteiger partial charge on any atom is 0.276 e. The van der Waals surface area contributed by atoms with Gasteiger partial charge in [-0.25, -0.2) is 4.68 Å². The standard InChI is InChI=1S/C26H25N3O2/c1-17(2)20-15-9-10-18(3)23(20)27-25(30)24-21-13-7-8-14-22(21)26(31)29(28-24)16-19-11-5-4-6-12-19/h4-15,17H,16H2,1-3H3,(H,27,30). The number of carbonyl (C=O) groups is 1. The van der Waals surface area contributed by atoms with Crippen molar-refractivity contribution >= 4 is 22.4 Å². The van der Waals surface area contributed by atoms with Crippen LogP contribution in [-0.2, 0) is 6.54 Å². The van der Waals surface area contributed by atoms with E-state index in [0.29, 0.717) is 17.3 Å². The van der Waals surface area contributed by atoms with Crippen molar-refractivity contribution in [2.45, 2.75) is 33.2 Å². The Hall–Kier alpha value is -3.73. The van der Waals surface area contributed by atoms with Crippen LogP contribution in [0.2, 0.25) is 0 Å². The van der Waals surface area contributed by atoms with Crippen LogP contribution in [0.5, 0.6) is 0 Å². The summed E-state index contributed by atoms with van der Waals surface area (Å²) in [5.74, 6) is -0.0684. The second-order valence-corrected chi connectivity index (χ2v) is 7.99. The van der Waals surface area contributed by atoms with Gasteiger partial charge in [-0.05, 0) is 35.6 Å². The van der Waals surface area contributed by atoms with Crippen molar-refractivity contribution in [3.05, 3.63) is 106 Å². The molecule has 1 heterocycles. The summed E-state index contributed by atoms with van der Waals surface area (Å²) in [5.41, 5.74) is 3.82. The number of aryl methyl sites for hydroxylation is 1. The molecule has 5 heteroatoms. The van der Waals surface area contributed by atoms with Crippen LogP contribution in [0.1, 0.15) is 46.9 Å². The summed E-state index contributed by atoms with van der Waals surface area (Å²) in [5, 5.41) is 8.58. The van der Waals surface area contributed by atoms with Gasteiger partial charge in [-0.2, -0.15) is 5.10 Å². The first kappa shape index (κ1) is 20.5. The third-order valence-corrected chi connectivity index (χ3v) is 5.42. The zero-order valence-corrected chi connectivity index (χ0v) is 17.9. The monoisotopic (exact) mass is 411 g/mol. The number of anilines is 1. The largest absolute Gasteiger partial charge is 0.320 e. The Morgan fingerprint density at radius 2 is 1.61 bits per heavy atom. The molecule has 0 unspecified atom stereocenters. The lowest BCUT2D eigenvalue weighted by atomic mass is 9.98. The summed E-state index contributed by atoms with van der Waals surface area (Å²) in [6.07, 6.45) is 0. The second-order valence-electron chi connectivity index (χ2n) is 7.99. The minimum absolute atomic E-state index is 0.213. The van der Waals surface area contributed by atoms with Gasteiger partial charge in [0.1, 0.15) is 0 Å². The molecule has 0 bridgehead atoms. The Bertz CT molecular complexity index is 1310. The Labute approximate surface area is 181 Å². The maximum atomic E-state index is 13.4. The van der Waals surface area contributed by atoms with Gasteiger partial charge in [0.15, 0.2) is 5.69 Å². The van der Waals surface area contributed by atoms with Crippen LogP contribution in [-0.4, -0.2) is 15.7 Å². The zero-order valence-electron chi connectivity index (χ0n) is 17.9. The van der Waals surface area contributed by atoms with E-state index in [1.807, 2.05) is 61.5 Å². The first-order valence-corrected chi connectivity index (χ1v) is 10.4. The average molecular weight is 412 g/mol. The SMILES string of the molecule is Cc1cccc(C(C)C)c1NC(=O)c1nn(Cc2ccccc2)c(=O)c2ccccc12. The molecular weight excluding hydrogens is 386 g/mol. The molecule has 1 N–H and O–H groups in total. The van der Waals surface area contributed by atoms with Crippen LogP contribution in [0, 0.1) is 6.92 Å². The smallest absolute Gasteiger partial charge is 0.276 e. The average Bonchev–Trinajstić information content (AvgIpc) is 2.77. The molecule has 4 aromatic rings. The van der Waals surface area contributed by atoms with E-state index in [4.69, 9.17) is 0 Å². The number of hydrogen-bond acceptors (Lipinski definition) is 3. The lowest BCUT2D eigenvalue weighted by Gasteiger charge is -2.17. The minimum atomic E-state index is -0.325. The third-order valence-electron chi connectivity index (χ3n) is 5.42. The van der Waals surface area contributed by atoms with Gasteiger partial charge in [0.2, 0.25) is 0 Å². The van der Waals surface area contributed by atoms with Gasteiger partial charge in [-0.15, -0.1) is 0 Å². The predicted octanol–water partition coefficient (Wildman–Crippen LogP) is 5.13. The number of benzene rings is 3. The highest BCUT2D eigenvalue weighted by Crippen LogP contribution is 2.28. The zero-order chi connectivity index (χ0) is 22.0. The molecule has 0 fully saturated rings. The number of carbonyl (C=O) groups excluding carboxylic acids is 1. The second kappa shape index (κ2) is 8.56. The Balaban J connectivity index is 1.81. The van der Waals surface area contributed by atoms with Gasteiger partial charge in [0.25, 0.3) is 11.5 Å². The number of fused-ring (bicyclic) bond motifs is 1. The Morgan fingerprint density at radius 3 is 2.32 bits per heavy atom. The first-order chi connectivity index (χ1) is 15.0. The number of para-hydroxylation sites is 1. The maximum absolute atomic E-state index is 13.4. The molecule has 0 atom stereocenters. The summed E-state index contributed by atoms with van der Waals surface area (Å²) in [6.45, 7) is 6.46. The lowest BCUT2D eigenvalue weighted by molar-refractivity contribution is 0.102. The molecule has 156 valence electrons. The van der Waals surface area contributed by atoms with Crippen LogP contribution in [0.3, 0.4) is 0 Å². The molecule has 1 aromatic heterocycles. The fraction of sp³-hybridized carbons (Fsp3) is 0.192. The molecule has 5 nitrogen and oxygen atoms in total. The normalized spacial score (nSPS) is 11.1. The first-order valence-electron chi connectivity index (χ1n) is 10.4. The highest BCUT2D eigenvalue weighted by molar-refractivity contribution is 6.11. The van der Waals surface area contributed by atoms with Gasteiger partial charge >= 0.3 is 0 Å². The molecule has 0 saturated heterocycles. The van der Waals surface area contributed by atoms with E-state index in [0.717, 1.165) is 22.4 Å². The summed E-state index contributed by atoms with van der Waals surface area (Å²) in [4.78, 5) is 26.4. The number of rotatable bonds is 5. The van der Waals surface area contributed by atoms with E-state index < -0.39 is 0 Å². The van der Waals surface area contributed by atoms with E-state index >= 15 is 0 Å². The van der Waals surface area contributed by atoms with Crippen molar-refractivity contribution in [1.29, 1.82) is 0 Å². The number of nitrogens with one attached hydrogen (secondary N) is 1. The predicted molar refractivity (Wildman–Crippen MR) is 125 cm³/mol. The lowest BCUT2D eigenvalue weighted by Crippen LogP contribution is -2.28. The van der Waals surface area contributed by atoms with Crippen LogP contribution in [0.25, 0.3) is 10.8 Å². The fourth-order valence-electron chi connectivity index (χ4n) is 3.78. The van der Waals surface area contributed by atoms with Gasteiger partial charge < -0.3 is 5.32 Å². The molecule has 0 radical (unpaired) electrons. The molecule has 3 aromatic carbocycles. The third kappa shape index (κ3) is 4.12. The Morgan fingerprint density at radius 1 is 0.935 bits per heavy atom. The molecule has 0 saturated carbocycles. The molecule has 4 rings (SSSR count). The van der Waals surface area contributed by atoms with E-state index in [2.05, 4.69) is 24.3 Å². The highest BCUT2D eigenvalue weighted by Gasteiger charge is 2.19. The molecule has 0 aliphatic heterocycles. The number of hydrogen-bond donors (Lipinski definition) is 1. The van der Waals surface area contributed by atoms with Crippen LogP contribution in [0.4, 0.5) is 5.69 Å². The Kier molecular flexibility index (Phi) is 5.67. The summed E-state index contributed by atoms with van der Waals surface area (Å²) in [7, 11) is 0. The number of aromatic nitrogens is 2. The van der Waals surface area contributed by atoms with Gasteiger partial charge in [0.05, 0.1) is 11.9 Å². The van der Waals surface area contributed by atoms with Crippen LogP contribution in [0.15, 0.2) is 77.6 Å². The highest BCUT2D eigenvalue weighted by atomic mass is 16.2. The van der Waals surface area contributed by atoms with Gasteiger partial charge in [-0.3, -0.25) is 9.59 Å². The molecule has 31 heavy (non-hydrogen) atoms. The van der Waals surface area contributed by atoms with Gasteiger partial charge in [0, 0.05) is 11.1 Å². The van der Waals surface area contributed by atoms with E-state index in [-0.39, 0.29) is 23.1 Å². The van der Waals surface area contributed by atoms with Crippen LogP contribution < -0.4 is 10.9 Å². The molecule has 1 amide bonds. The summed E-state index contributed by atoms with van der Waals surface area (Å²) < 4.78 is 1.37. The molecule has 0 aliphatic rings. The van der Waals surface area contributed by atoms with E-state index in [1.54, 1.807) is 18.2 Å². The minimum Gasteiger partial charge on any atom is -0.320 e. The van der Waals surface area contributed by atoms with E-state index in [1.165, 1.54) is 4.68 Å². The number of nitrogens with zero attached hydrogens (tertiary/aromatic N) is 2. The van der Waals surface area contributed by atoms with Crippen LogP contribution >= 0.6 is 0 Å². The molecular formula is C26H25N3O2. The summed E-state index contributed by atoms with van der Waals surface area (Å²) in [6, 6.07) is 22.8. The van der Waals surface area contributed by atoms with Crippen molar-refractivity contribution < 1.29 is 4.79 Å². The van der Waals surface area contributed by atoms with Gasteiger partial charge in [-0.1, -0.05) is 80.6 Å². The fourth-order valence-corrected chi connectivity index (χ4v) is 3.78.